The fourth-order valence-corrected chi connectivity index (χ4v) is 2.35. The van der Waals surface area contributed by atoms with Crippen molar-refractivity contribution in [1.29, 1.82) is 0 Å². The van der Waals surface area contributed by atoms with Gasteiger partial charge in [0, 0.05) is 6.42 Å². The van der Waals surface area contributed by atoms with Crippen LogP contribution in [0.5, 0.6) is 5.75 Å². The lowest BCUT2D eigenvalue weighted by Gasteiger charge is -2.04. The highest BCUT2D eigenvalue weighted by molar-refractivity contribution is 9.10. The number of rotatable bonds is 0. The van der Waals surface area contributed by atoms with E-state index in [9.17, 15) is 0 Å². The predicted molar refractivity (Wildman–Crippen MR) is 52.7 cm³/mol. The van der Waals surface area contributed by atoms with Crippen LogP contribution in [0.1, 0.15) is 18.1 Å². The predicted octanol–water partition coefficient (Wildman–Crippen LogP) is 3.08. The van der Waals surface area contributed by atoms with Crippen LogP contribution >= 0.6 is 15.9 Å². The summed E-state index contributed by atoms with van der Waals surface area (Å²) in [5, 5.41) is 0. The Balaban J connectivity index is 2.52. The van der Waals surface area contributed by atoms with Crippen molar-refractivity contribution in [3.63, 3.8) is 0 Å². The van der Waals surface area contributed by atoms with Crippen LogP contribution < -0.4 is 4.74 Å². The van der Waals surface area contributed by atoms with Crippen molar-refractivity contribution in [1.82, 2.24) is 0 Å². The van der Waals surface area contributed by atoms with Crippen LogP contribution in [0.4, 0.5) is 0 Å². The molecule has 1 unspecified atom stereocenters. The molecule has 1 heterocycles. The summed E-state index contributed by atoms with van der Waals surface area (Å²) >= 11 is 3.50. The summed E-state index contributed by atoms with van der Waals surface area (Å²) in [5.74, 6) is 1.04. The third kappa shape index (κ3) is 1.24. The molecule has 2 heteroatoms. The number of hydrogen-bond acceptors (Lipinski definition) is 1. The van der Waals surface area contributed by atoms with Crippen LogP contribution in [0, 0.1) is 6.92 Å². The Morgan fingerprint density at radius 2 is 2.25 bits per heavy atom. The second-order valence-corrected chi connectivity index (χ2v) is 4.22. The minimum absolute atomic E-state index is 0.332. The van der Waals surface area contributed by atoms with Crippen LogP contribution in [0.15, 0.2) is 16.6 Å². The standard InChI is InChI=1S/C10H11BrO/c1-6-3-8-5-7(2)12-10(8)9(11)4-6/h3-4,7H,5H2,1-2H3. The van der Waals surface area contributed by atoms with Gasteiger partial charge in [-0.15, -0.1) is 0 Å². The Labute approximate surface area is 80.9 Å². The number of fused-ring (bicyclic) bond motifs is 1. The Morgan fingerprint density at radius 1 is 1.50 bits per heavy atom. The topological polar surface area (TPSA) is 9.23 Å². The first kappa shape index (κ1) is 8.11. The van der Waals surface area contributed by atoms with Gasteiger partial charge in [0.1, 0.15) is 11.9 Å². The molecule has 1 aliphatic rings. The van der Waals surface area contributed by atoms with E-state index < -0.39 is 0 Å². The van der Waals surface area contributed by atoms with Crippen molar-refractivity contribution in [2.75, 3.05) is 0 Å². The molecule has 0 amide bonds. The van der Waals surface area contributed by atoms with Crippen molar-refractivity contribution in [2.45, 2.75) is 26.4 Å². The lowest BCUT2D eigenvalue weighted by atomic mass is 10.1. The SMILES string of the molecule is Cc1cc(Br)c2c(c1)CC(C)O2. The van der Waals surface area contributed by atoms with Gasteiger partial charge in [0.2, 0.25) is 0 Å². The van der Waals surface area contributed by atoms with Gasteiger partial charge in [-0.05, 0) is 47.0 Å². The molecule has 0 bridgehead atoms. The summed E-state index contributed by atoms with van der Waals surface area (Å²) in [7, 11) is 0. The van der Waals surface area contributed by atoms with Crippen LogP contribution in [0.3, 0.4) is 0 Å². The van der Waals surface area contributed by atoms with E-state index in [0.29, 0.717) is 6.10 Å². The average Bonchev–Trinajstić information content (AvgIpc) is 2.29. The molecule has 1 nitrogen and oxygen atoms in total. The summed E-state index contributed by atoms with van der Waals surface area (Å²) in [6.45, 7) is 4.20. The molecule has 0 N–H and O–H groups in total. The van der Waals surface area contributed by atoms with E-state index in [4.69, 9.17) is 4.74 Å². The summed E-state index contributed by atoms with van der Waals surface area (Å²) in [5.41, 5.74) is 2.62. The Hall–Kier alpha value is -0.500. The van der Waals surface area contributed by atoms with Crippen molar-refractivity contribution < 1.29 is 4.74 Å². The highest BCUT2D eigenvalue weighted by atomic mass is 79.9. The smallest absolute Gasteiger partial charge is 0.137 e. The van der Waals surface area contributed by atoms with E-state index in [1.807, 2.05) is 0 Å². The quantitative estimate of drug-likeness (QED) is 0.661. The molecular weight excluding hydrogens is 216 g/mol. The van der Waals surface area contributed by atoms with Gasteiger partial charge in [0.15, 0.2) is 0 Å². The van der Waals surface area contributed by atoms with Gasteiger partial charge in [-0.2, -0.15) is 0 Å². The number of halogens is 1. The lowest BCUT2D eigenvalue weighted by Crippen LogP contribution is -2.05. The molecular formula is C10H11BrO. The molecule has 0 saturated heterocycles. The second-order valence-electron chi connectivity index (χ2n) is 3.37. The zero-order valence-electron chi connectivity index (χ0n) is 7.23. The van der Waals surface area contributed by atoms with Gasteiger partial charge < -0.3 is 4.74 Å². The van der Waals surface area contributed by atoms with E-state index in [2.05, 4.69) is 41.9 Å². The minimum atomic E-state index is 0.332. The molecule has 64 valence electrons. The first-order valence-corrected chi connectivity index (χ1v) is 4.92. The second kappa shape index (κ2) is 2.77. The normalized spacial score (nSPS) is 20.4. The largest absolute Gasteiger partial charge is 0.489 e. The zero-order chi connectivity index (χ0) is 8.72. The maximum Gasteiger partial charge on any atom is 0.137 e. The molecule has 0 spiro atoms. The summed E-state index contributed by atoms with van der Waals surface area (Å²) in [6, 6.07) is 4.29. The van der Waals surface area contributed by atoms with Crippen LogP contribution in [0.25, 0.3) is 0 Å². The summed E-state index contributed by atoms with van der Waals surface area (Å²) < 4.78 is 6.73. The Kier molecular flexibility index (Phi) is 1.87. The summed E-state index contributed by atoms with van der Waals surface area (Å²) in [6.07, 6.45) is 1.37. The number of benzene rings is 1. The first-order valence-electron chi connectivity index (χ1n) is 4.12. The van der Waals surface area contributed by atoms with Gasteiger partial charge in [0.05, 0.1) is 4.47 Å². The maximum absolute atomic E-state index is 5.65. The third-order valence-electron chi connectivity index (χ3n) is 2.09. The van der Waals surface area contributed by atoms with Crippen LogP contribution in [-0.4, -0.2) is 6.10 Å². The van der Waals surface area contributed by atoms with Crippen molar-refractivity contribution in [3.8, 4) is 5.75 Å². The molecule has 2 rings (SSSR count). The zero-order valence-corrected chi connectivity index (χ0v) is 8.81. The fraction of sp³-hybridized carbons (Fsp3) is 0.400. The van der Waals surface area contributed by atoms with Gasteiger partial charge >= 0.3 is 0 Å². The first-order chi connectivity index (χ1) is 5.66. The number of hydrogen-bond donors (Lipinski definition) is 0. The molecule has 1 aromatic carbocycles. The number of aryl methyl sites for hydroxylation is 1. The van der Waals surface area contributed by atoms with Crippen molar-refractivity contribution in [2.24, 2.45) is 0 Å². The van der Waals surface area contributed by atoms with Gasteiger partial charge in [-0.25, -0.2) is 0 Å². The molecule has 0 aliphatic carbocycles. The Morgan fingerprint density at radius 3 is 3.00 bits per heavy atom. The molecule has 0 radical (unpaired) electrons. The van der Waals surface area contributed by atoms with E-state index in [0.717, 1.165) is 16.6 Å². The van der Waals surface area contributed by atoms with Gasteiger partial charge in [-0.1, -0.05) is 6.07 Å². The van der Waals surface area contributed by atoms with E-state index >= 15 is 0 Å². The average molecular weight is 227 g/mol. The summed E-state index contributed by atoms with van der Waals surface area (Å²) in [4.78, 5) is 0. The molecule has 0 aromatic heterocycles. The molecule has 0 saturated carbocycles. The van der Waals surface area contributed by atoms with Crippen molar-refractivity contribution in [3.05, 3.63) is 27.7 Å². The molecule has 0 fully saturated rings. The van der Waals surface area contributed by atoms with E-state index in [-0.39, 0.29) is 0 Å². The third-order valence-corrected chi connectivity index (χ3v) is 2.68. The minimum Gasteiger partial charge on any atom is -0.489 e. The molecule has 12 heavy (non-hydrogen) atoms. The van der Waals surface area contributed by atoms with Crippen molar-refractivity contribution >= 4 is 15.9 Å². The fourth-order valence-electron chi connectivity index (χ4n) is 1.64. The Bertz CT molecular complexity index is 320. The van der Waals surface area contributed by atoms with Gasteiger partial charge in [-0.3, -0.25) is 0 Å². The number of ether oxygens (including phenoxy) is 1. The molecule has 1 aliphatic heterocycles. The molecule has 1 atom stereocenters. The highest BCUT2D eigenvalue weighted by Crippen LogP contribution is 2.36. The van der Waals surface area contributed by atoms with E-state index in [1.54, 1.807) is 0 Å². The monoisotopic (exact) mass is 226 g/mol. The highest BCUT2D eigenvalue weighted by Gasteiger charge is 2.21. The van der Waals surface area contributed by atoms with Crippen LogP contribution in [-0.2, 0) is 6.42 Å². The van der Waals surface area contributed by atoms with Crippen LogP contribution in [0.2, 0.25) is 0 Å². The maximum atomic E-state index is 5.65. The molecule has 1 aromatic rings. The lowest BCUT2D eigenvalue weighted by molar-refractivity contribution is 0.253. The van der Waals surface area contributed by atoms with E-state index in [1.165, 1.54) is 11.1 Å². The van der Waals surface area contributed by atoms with Gasteiger partial charge in [0.25, 0.3) is 0 Å².